The first kappa shape index (κ1) is 15.9. The number of carbonyl (C=O) groups excluding carboxylic acids is 1. The SMILES string of the molecule is COCN(C[Si](C)(C)C)C(=O)C(O)c1ccccc1. The van der Waals surface area contributed by atoms with E-state index >= 15 is 0 Å². The van der Waals surface area contributed by atoms with Gasteiger partial charge in [0.2, 0.25) is 0 Å². The molecule has 1 aromatic carbocycles. The summed E-state index contributed by atoms with van der Waals surface area (Å²) in [6.07, 6.45) is -0.448. The number of ether oxygens (including phenoxy) is 1. The van der Waals surface area contributed by atoms with Crippen molar-refractivity contribution in [2.75, 3.05) is 20.0 Å². The Morgan fingerprint density at radius 3 is 2.37 bits per heavy atom. The molecule has 1 rings (SSSR count). The van der Waals surface area contributed by atoms with Gasteiger partial charge in [-0.05, 0) is 5.56 Å². The molecular formula is C14H23NO3Si. The monoisotopic (exact) mass is 281 g/mol. The lowest BCUT2D eigenvalue weighted by atomic mass is 10.1. The second-order valence-electron chi connectivity index (χ2n) is 5.83. The van der Waals surface area contributed by atoms with Crippen molar-refractivity contribution in [3.8, 4) is 0 Å². The average Bonchev–Trinajstić information content (AvgIpc) is 2.36. The van der Waals surface area contributed by atoms with Gasteiger partial charge in [-0.3, -0.25) is 4.79 Å². The van der Waals surface area contributed by atoms with Gasteiger partial charge in [0, 0.05) is 13.3 Å². The van der Waals surface area contributed by atoms with Crippen molar-refractivity contribution in [1.82, 2.24) is 4.90 Å². The van der Waals surface area contributed by atoms with Crippen molar-refractivity contribution >= 4 is 14.0 Å². The van der Waals surface area contributed by atoms with Crippen molar-refractivity contribution in [3.63, 3.8) is 0 Å². The van der Waals surface area contributed by atoms with E-state index in [1.54, 1.807) is 24.1 Å². The number of hydrogen-bond donors (Lipinski definition) is 1. The molecule has 0 fully saturated rings. The van der Waals surface area contributed by atoms with E-state index in [0.29, 0.717) is 11.7 Å². The zero-order valence-electron chi connectivity index (χ0n) is 12.1. The van der Waals surface area contributed by atoms with Crippen LogP contribution in [0.15, 0.2) is 30.3 Å². The van der Waals surface area contributed by atoms with Crippen LogP contribution in [0.5, 0.6) is 0 Å². The van der Waals surface area contributed by atoms with Crippen LogP contribution in [0.1, 0.15) is 11.7 Å². The van der Waals surface area contributed by atoms with Crippen molar-refractivity contribution < 1.29 is 14.6 Å². The summed E-state index contributed by atoms with van der Waals surface area (Å²) in [6, 6.07) is 8.98. The van der Waals surface area contributed by atoms with E-state index in [0.717, 1.165) is 0 Å². The maximum atomic E-state index is 12.3. The summed E-state index contributed by atoms with van der Waals surface area (Å²) in [4.78, 5) is 13.9. The summed E-state index contributed by atoms with van der Waals surface area (Å²) in [6.45, 7) is 6.75. The first-order valence-electron chi connectivity index (χ1n) is 6.36. The normalized spacial score (nSPS) is 13.1. The minimum atomic E-state index is -1.45. The number of hydrogen-bond acceptors (Lipinski definition) is 3. The highest BCUT2D eigenvalue weighted by atomic mass is 28.3. The molecule has 1 amide bonds. The number of benzene rings is 1. The topological polar surface area (TPSA) is 49.8 Å². The number of aliphatic hydroxyl groups is 1. The number of carbonyl (C=O) groups is 1. The van der Waals surface area contributed by atoms with Crippen LogP contribution in [0.2, 0.25) is 19.6 Å². The van der Waals surface area contributed by atoms with Crippen LogP contribution in [0.4, 0.5) is 0 Å². The van der Waals surface area contributed by atoms with Crippen molar-refractivity contribution in [1.29, 1.82) is 0 Å². The number of rotatable bonds is 6. The lowest BCUT2D eigenvalue weighted by Crippen LogP contribution is -2.46. The van der Waals surface area contributed by atoms with Gasteiger partial charge in [-0.2, -0.15) is 0 Å². The molecule has 0 bridgehead atoms. The molecule has 1 unspecified atom stereocenters. The van der Waals surface area contributed by atoms with Gasteiger partial charge in [0.1, 0.15) is 6.73 Å². The van der Waals surface area contributed by atoms with Gasteiger partial charge in [-0.1, -0.05) is 50.0 Å². The summed E-state index contributed by atoms with van der Waals surface area (Å²) in [5.41, 5.74) is 0.615. The third-order valence-electron chi connectivity index (χ3n) is 2.61. The molecule has 0 saturated heterocycles. The van der Waals surface area contributed by atoms with Crippen LogP contribution in [0.25, 0.3) is 0 Å². The molecule has 0 heterocycles. The minimum absolute atomic E-state index is 0.215. The van der Waals surface area contributed by atoms with Crippen molar-refractivity contribution in [2.45, 2.75) is 25.7 Å². The maximum absolute atomic E-state index is 12.3. The molecule has 1 N–H and O–H groups in total. The Hall–Kier alpha value is -1.17. The Morgan fingerprint density at radius 1 is 1.32 bits per heavy atom. The van der Waals surface area contributed by atoms with E-state index in [1.807, 2.05) is 18.2 Å². The third-order valence-corrected chi connectivity index (χ3v) is 3.94. The van der Waals surface area contributed by atoms with Crippen LogP contribution in [0, 0.1) is 0 Å². The minimum Gasteiger partial charge on any atom is -0.378 e. The second-order valence-corrected chi connectivity index (χ2v) is 11.3. The number of aliphatic hydroxyl groups excluding tert-OH is 1. The molecule has 0 saturated carbocycles. The molecule has 19 heavy (non-hydrogen) atoms. The highest BCUT2D eigenvalue weighted by molar-refractivity contribution is 6.76. The molecule has 0 aliphatic rings. The van der Waals surface area contributed by atoms with Crippen LogP contribution < -0.4 is 0 Å². The van der Waals surface area contributed by atoms with Crippen molar-refractivity contribution in [2.24, 2.45) is 0 Å². The standard InChI is InChI=1S/C14H23NO3Si/c1-18-10-15(11-19(2,3)4)14(17)13(16)12-8-6-5-7-9-12/h5-9,13,16H,10-11H2,1-4H3. The third kappa shape index (κ3) is 5.14. The molecule has 0 aliphatic carbocycles. The predicted molar refractivity (Wildman–Crippen MR) is 78.3 cm³/mol. The maximum Gasteiger partial charge on any atom is 0.257 e. The fourth-order valence-corrected chi connectivity index (χ4v) is 3.26. The molecular weight excluding hydrogens is 258 g/mol. The van der Waals surface area contributed by atoms with E-state index in [4.69, 9.17) is 4.74 Å². The zero-order valence-corrected chi connectivity index (χ0v) is 13.1. The van der Waals surface area contributed by atoms with Gasteiger partial charge in [0.05, 0.1) is 8.07 Å². The summed E-state index contributed by atoms with van der Waals surface area (Å²) in [7, 11) is 0.102. The Balaban J connectivity index is 2.82. The van der Waals surface area contributed by atoms with Gasteiger partial charge in [-0.15, -0.1) is 0 Å². The van der Waals surface area contributed by atoms with E-state index in [-0.39, 0.29) is 12.6 Å². The Bertz CT molecular complexity index is 403. The molecule has 1 aromatic rings. The van der Waals surface area contributed by atoms with Crippen LogP contribution in [0.3, 0.4) is 0 Å². The quantitative estimate of drug-likeness (QED) is 0.641. The Kier molecular flexibility index (Phi) is 5.72. The summed E-state index contributed by atoms with van der Waals surface area (Å²) in [5, 5.41) is 10.2. The first-order valence-corrected chi connectivity index (χ1v) is 10.1. The molecule has 0 radical (unpaired) electrons. The summed E-state index contributed by atoms with van der Waals surface area (Å²) in [5.74, 6) is -0.296. The predicted octanol–water partition coefficient (Wildman–Crippen LogP) is 2.03. The molecule has 0 aromatic heterocycles. The molecule has 5 heteroatoms. The van der Waals surface area contributed by atoms with Gasteiger partial charge in [0.15, 0.2) is 6.10 Å². The van der Waals surface area contributed by atoms with Gasteiger partial charge in [0.25, 0.3) is 5.91 Å². The number of methoxy groups -OCH3 is 1. The number of amides is 1. The van der Waals surface area contributed by atoms with E-state index < -0.39 is 14.2 Å². The summed E-state index contributed by atoms with van der Waals surface area (Å²) < 4.78 is 5.07. The van der Waals surface area contributed by atoms with Crippen LogP contribution in [-0.2, 0) is 9.53 Å². The molecule has 4 nitrogen and oxygen atoms in total. The lowest BCUT2D eigenvalue weighted by molar-refractivity contribution is -0.144. The lowest BCUT2D eigenvalue weighted by Gasteiger charge is -2.29. The molecule has 106 valence electrons. The highest BCUT2D eigenvalue weighted by Gasteiger charge is 2.27. The molecule has 1 atom stereocenters. The largest absolute Gasteiger partial charge is 0.378 e. The number of nitrogens with zero attached hydrogens (tertiary/aromatic N) is 1. The fourth-order valence-electron chi connectivity index (χ4n) is 1.87. The van der Waals surface area contributed by atoms with Gasteiger partial charge in [-0.25, -0.2) is 0 Å². The molecule has 0 spiro atoms. The Morgan fingerprint density at radius 2 is 1.89 bits per heavy atom. The first-order chi connectivity index (χ1) is 8.85. The fraction of sp³-hybridized carbons (Fsp3) is 0.500. The van der Waals surface area contributed by atoms with E-state index in [2.05, 4.69) is 19.6 Å². The van der Waals surface area contributed by atoms with Gasteiger partial charge >= 0.3 is 0 Å². The average molecular weight is 281 g/mol. The highest BCUT2D eigenvalue weighted by Crippen LogP contribution is 2.16. The van der Waals surface area contributed by atoms with E-state index in [9.17, 15) is 9.90 Å². The van der Waals surface area contributed by atoms with Crippen LogP contribution >= 0.6 is 0 Å². The van der Waals surface area contributed by atoms with Crippen molar-refractivity contribution in [3.05, 3.63) is 35.9 Å². The second kappa shape index (κ2) is 6.84. The van der Waals surface area contributed by atoms with E-state index in [1.165, 1.54) is 0 Å². The smallest absolute Gasteiger partial charge is 0.257 e. The summed E-state index contributed by atoms with van der Waals surface area (Å²) >= 11 is 0. The Labute approximate surface area is 116 Å². The zero-order chi connectivity index (χ0) is 14.5. The van der Waals surface area contributed by atoms with Crippen LogP contribution in [-0.4, -0.2) is 44.0 Å². The van der Waals surface area contributed by atoms with Gasteiger partial charge < -0.3 is 14.7 Å². The molecule has 0 aliphatic heterocycles.